The van der Waals surface area contributed by atoms with E-state index in [1.807, 2.05) is 0 Å². The minimum Gasteiger partial charge on any atom is -0.495 e. The molecule has 0 radical (unpaired) electrons. The number of halogens is 1. The third-order valence-corrected chi connectivity index (χ3v) is 6.34. The van der Waals surface area contributed by atoms with Gasteiger partial charge in [-0.1, -0.05) is 32.4 Å². The number of carbonyl (C=O) groups excluding carboxylic acids is 3. The molecule has 0 bridgehead atoms. The van der Waals surface area contributed by atoms with Gasteiger partial charge in [0, 0.05) is 5.69 Å². The zero-order valence-corrected chi connectivity index (χ0v) is 18.1. The van der Waals surface area contributed by atoms with Crippen LogP contribution in [0.25, 0.3) is 0 Å². The lowest BCUT2D eigenvalue weighted by Crippen LogP contribution is -2.50. The number of methoxy groups -OCH3 is 1. The summed E-state index contributed by atoms with van der Waals surface area (Å²) in [6, 6.07) is 4.32. The Morgan fingerprint density at radius 3 is 2.52 bits per heavy atom. The maximum absolute atomic E-state index is 13.0. The van der Waals surface area contributed by atoms with Crippen LogP contribution < -0.4 is 15.4 Å². The molecule has 158 valence electrons. The van der Waals surface area contributed by atoms with Gasteiger partial charge in [0.2, 0.25) is 5.91 Å². The predicted molar refractivity (Wildman–Crippen MR) is 111 cm³/mol. The molecule has 2 N–H and O–H groups in total. The van der Waals surface area contributed by atoms with Crippen molar-refractivity contribution in [2.24, 2.45) is 11.3 Å². The summed E-state index contributed by atoms with van der Waals surface area (Å²) in [6.07, 6.45) is 2.96. The molecule has 7 nitrogen and oxygen atoms in total. The van der Waals surface area contributed by atoms with E-state index in [2.05, 4.69) is 31.4 Å². The van der Waals surface area contributed by atoms with Gasteiger partial charge in [0.1, 0.15) is 17.8 Å². The molecule has 1 saturated carbocycles. The molecule has 1 aliphatic carbocycles. The first kappa shape index (κ1) is 21.4. The van der Waals surface area contributed by atoms with Crippen molar-refractivity contribution in [2.75, 3.05) is 19.0 Å². The van der Waals surface area contributed by atoms with Crippen LogP contribution in [0.15, 0.2) is 18.2 Å². The zero-order valence-electron chi connectivity index (χ0n) is 17.3. The quantitative estimate of drug-likeness (QED) is 0.723. The number of ether oxygens (including phenoxy) is 1. The van der Waals surface area contributed by atoms with E-state index >= 15 is 0 Å². The number of anilines is 1. The number of nitrogens with zero attached hydrogens (tertiary/aromatic N) is 1. The molecule has 1 spiro atoms. The second-order valence-corrected chi connectivity index (χ2v) is 9.35. The summed E-state index contributed by atoms with van der Waals surface area (Å²) < 4.78 is 5.08. The second kappa shape index (κ2) is 7.86. The molecule has 1 heterocycles. The summed E-state index contributed by atoms with van der Waals surface area (Å²) in [5, 5.41) is 5.88. The first-order chi connectivity index (χ1) is 13.6. The Kier molecular flexibility index (Phi) is 5.81. The first-order valence-electron chi connectivity index (χ1n) is 9.83. The summed E-state index contributed by atoms with van der Waals surface area (Å²) in [6.45, 7) is 6.27. The van der Waals surface area contributed by atoms with Gasteiger partial charge in [0.15, 0.2) is 0 Å². The van der Waals surface area contributed by atoms with Gasteiger partial charge in [-0.25, -0.2) is 4.79 Å². The Labute approximate surface area is 176 Å². The molecule has 2 aliphatic rings. The lowest BCUT2D eigenvalue weighted by Gasteiger charge is -2.40. The van der Waals surface area contributed by atoms with Crippen LogP contribution in [-0.2, 0) is 9.59 Å². The molecule has 1 aromatic carbocycles. The number of urea groups is 1. The molecule has 3 rings (SSSR count). The summed E-state index contributed by atoms with van der Waals surface area (Å²) in [5.41, 5.74) is -0.233. The van der Waals surface area contributed by atoms with Crippen molar-refractivity contribution in [1.82, 2.24) is 10.2 Å². The minimum absolute atomic E-state index is 0.173. The maximum atomic E-state index is 13.0. The lowest BCUT2D eigenvalue weighted by molar-refractivity contribution is -0.135. The molecule has 4 amide bonds. The summed E-state index contributed by atoms with van der Waals surface area (Å²) in [5.74, 6) is 0.231. The fraction of sp³-hybridized carbons (Fsp3) is 0.571. The van der Waals surface area contributed by atoms with Crippen LogP contribution in [-0.4, -0.2) is 41.9 Å². The Hall–Kier alpha value is -2.28. The van der Waals surface area contributed by atoms with E-state index in [9.17, 15) is 14.4 Å². The van der Waals surface area contributed by atoms with Crippen LogP contribution in [0, 0.1) is 11.3 Å². The molecular formula is C21H28ClN3O4. The largest absolute Gasteiger partial charge is 0.495 e. The Morgan fingerprint density at radius 1 is 1.31 bits per heavy atom. The number of nitrogens with one attached hydrogen (secondary N) is 2. The van der Waals surface area contributed by atoms with E-state index in [0.717, 1.165) is 17.7 Å². The Balaban J connectivity index is 1.63. The summed E-state index contributed by atoms with van der Waals surface area (Å²) in [4.78, 5) is 38.9. The second-order valence-electron chi connectivity index (χ2n) is 8.94. The van der Waals surface area contributed by atoms with Crippen molar-refractivity contribution in [3.63, 3.8) is 0 Å². The van der Waals surface area contributed by atoms with Gasteiger partial charge in [-0.2, -0.15) is 0 Å². The molecule has 29 heavy (non-hydrogen) atoms. The van der Waals surface area contributed by atoms with Gasteiger partial charge in [-0.3, -0.25) is 14.5 Å². The van der Waals surface area contributed by atoms with Crippen molar-refractivity contribution < 1.29 is 19.1 Å². The molecule has 2 fully saturated rings. The highest BCUT2D eigenvalue weighted by Gasteiger charge is 2.53. The highest BCUT2D eigenvalue weighted by molar-refractivity contribution is 6.32. The van der Waals surface area contributed by atoms with Crippen LogP contribution >= 0.6 is 11.6 Å². The SMILES string of the molecule is COc1ccc(NC(=O)CN2C(=O)NC3(CCC(C(C)(C)C)CC3)C2=O)cc1Cl. The average Bonchev–Trinajstić information content (AvgIpc) is 2.85. The fourth-order valence-electron chi connectivity index (χ4n) is 4.22. The first-order valence-corrected chi connectivity index (χ1v) is 10.2. The van der Waals surface area contributed by atoms with E-state index < -0.39 is 17.5 Å². The number of amides is 4. The number of rotatable bonds is 4. The standard InChI is InChI=1S/C21H28ClN3O4/c1-20(2,3)13-7-9-21(10-8-13)18(27)25(19(28)24-21)12-17(26)23-14-5-6-16(29-4)15(22)11-14/h5-6,11,13H,7-10,12H2,1-4H3,(H,23,26)(H,24,28). The predicted octanol–water partition coefficient (Wildman–Crippen LogP) is 3.81. The molecule has 1 saturated heterocycles. The third-order valence-electron chi connectivity index (χ3n) is 6.05. The van der Waals surface area contributed by atoms with Crippen molar-refractivity contribution in [1.29, 1.82) is 0 Å². The van der Waals surface area contributed by atoms with Gasteiger partial charge in [-0.05, 0) is 55.2 Å². The van der Waals surface area contributed by atoms with Crippen molar-refractivity contribution in [3.8, 4) is 5.75 Å². The zero-order chi connectivity index (χ0) is 21.4. The number of hydrogen-bond acceptors (Lipinski definition) is 4. The topological polar surface area (TPSA) is 87.7 Å². The van der Waals surface area contributed by atoms with E-state index in [1.54, 1.807) is 18.2 Å². The normalized spacial score (nSPS) is 24.6. The number of imide groups is 1. The number of hydrogen-bond donors (Lipinski definition) is 2. The third kappa shape index (κ3) is 4.34. The van der Waals surface area contributed by atoms with Crippen molar-refractivity contribution >= 4 is 35.1 Å². The smallest absolute Gasteiger partial charge is 0.325 e. The molecular weight excluding hydrogens is 394 g/mol. The van der Waals surface area contributed by atoms with Crippen molar-refractivity contribution in [2.45, 2.75) is 52.0 Å². The van der Waals surface area contributed by atoms with Gasteiger partial charge in [0.05, 0.1) is 12.1 Å². The molecule has 0 atom stereocenters. The summed E-state index contributed by atoms with van der Waals surface area (Å²) in [7, 11) is 1.50. The van der Waals surface area contributed by atoms with Gasteiger partial charge >= 0.3 is 6.03 Å². The number of benzene rings is 1. The Bertz CT molecular complexity index is 826. The van der Waals surface area contributed by atoms with E-state index in [1.165, 1.54) is 7.11 Å². The van der Waals surface area contributed by atoms with Gasteiger partial charge < -0.3 is 15.4 Å². The average molecular weight is 422 g/mol. The van der Waals surface area contributed by atoms with Crippen molar-refractivity contribution in [3.05, 3.63) is 23.2 Å². The molecule has 0 aromatic heterocycles. The van der Waals surface area contributed by atoms with Gasteiger partial charge in [0.25, 0.3) is 5.91 Å². The molecule has 8 heteroatoms. The van der Waals surface area contributed by atoms with E-state index in [-0.39, 0.29) is 17.9 Å². The minimum atomic E-state index is -0.872. The maximum Gasteiger partial charge on any atom is 0.325 e. The summed E-state index contributed by atoms with van der Waals surface area (Å²) >= 11 is 6.07. The highest BCUT2D eigenvalue weighted by atomic mass is 35.5. The van der Waals surface area contributed by atoms with Gasteiger partial charge in [-0.15, -0.1) is 0 Å². The molecule has 0 unspecified atom stereocenters. The lowest BCUT2D eigenvalue weighted by atomic mass is 9.67. The van der Waals surface area contributed by atoms with E-state index in [4.69, 9.17) is 16.3 Å². The molecule has 1 aliphatic heterocycles. The van der Waals surface area contributed by atoms with E-state index in [0.29, 0.717) is 35.2 Å². The Morgan fingerprint density at radius 2 is 1.97 bits per heavy atom. The highest BCUT2D eigenvalue weighted by Crippen LogP contribution is 2.43. The van der Waals surface area contributed by atoms with Crippen LogP contribution in [0.5, 0.6) is 5.75 Å². The monoisotopic (exact) mass is 421 g/mol. The van der Waals surface area contributed by atoms with Crippen LogP contribution in [0.3, 0.4) is 0 Å². The molecule has 1 aromatic rings. The number of carbonyl (C=O) groups is 3. The van der Waals surface area contributed by atoms with Crippen LogP contribution in [0.1, 0.15) is 46.5 Å². The van der Waals surface area contributed by atoms with Crippen LogP contribution in [0.2, 0.25) is 5.02 Å². The fourth-order valence-corrected chi connectivity index (χ4v) is 4.48. The van der Waals surface area contributed by atoms with Crippen LogP contribution in [0.4, 0.5) is 10.5 Å².